The number of hydrogen-bond donors (Lipinski definition) is 1. The Balaban J connectivity index is 1.84. The minimum atomic E-state index is 0.0838. The number of imidazole rings is 1. The maximum absolute atomic E-state index is 6.19. The lowest BCUT2D eigenvalue weighted by Crippen LogP contribution is -2.19. The van der Waals surface area contributed by atoms with Crippen molar-refractivity contribution in [2.75, 3.05) is 5.75 Å². The summed E-state index contributed by atoms with van der Waals surface area (Å²) in [5.74, 6) is 2.04. The van der Waals surface area contributed by atoms with E-state index in [2.05, 4.69) is 16.5 Å². The van der Waals surface area contributed by atoms with Crippen molar-refractivity contribution in [2.45, 2.75) is 50.4 Å². The first-order chi connectivity index (χ1) is 7.81. The van der Waals surface area contributed by atoms with Crippen LogP contribution in [0.15, 0.2) is 12.4 Å². The van der Waals surface area contributed by atoms with Gasteiger partial charge in [-0.3, -0.25) is 0 Å². The molecule has 1 heterocycles. The number of aryl methyl sites for hydroxylation is 1. The number of thioether (sulfide) groups is 1. The summed E-state index contributed by atoms with van der Waals surface area (Å²) < 4.78 is 2.14. The average Bonchev–Trinajstić information content (AvgIpc) is 2.96. The van der Waals surface area contributed by atoms with Gasteiger partial charge in [-0.1, -0.05) is 12.8 Å². The first kappa shape index (κ1) is 12.0. The van der Waals surface area contributed by atoms with Gasteiger partial charge < -0.3 is 10.3 Å². The highest BCUT2D eigenvalue weighted by Crippen LogP contribution is 2.31. The Hall–Kier alpha value is -0.480. The molecule has 1 fully saturated rings. The lowest BCUT2D eigenvalue weighted by molar-refractivity contribution is 0.641. The van der Waals surface area contributed by atoms with Gasteiger partial charge in [0, 0.05) is 29.9 Å². The molecule has 1 atom stereocenters. The molecule has 1 aliphatic carbocycles. The van der Waals surface area contributed by atoms with Crippen molar-refractivity contribution < 1.29 is 0 Å². The van der Waals surface area contributed by atoms with E-state index >= 15 is 0 Å². The zero-order chi connectivity index (χ0) is 11.4. The van der Waals surface area contributed by atoms with Gasteiger partial charge in [0.15, 0.2) is 0 Å². The molecular formula is C12H21N3S. The molecular weight excluding hydrogens is 218 g/mol. The van der Waals surface area contributed by atoms with Gasteiger partial charge in [0.2, 0.25) is 0 Å². The topological polar surface area (TPSA) is 43.8 Å². The second-order valence-corrected chi connectivity index (χ2v) is 5.75. The summed E-state index contributed by atoms with van der Waals surface area (Å²) in [6.45, 7) is 3.08. The lowest BCUT2D eigenvalue weighted by Gasteiger charge is -2.15. The smallest absolute Gasteiger partial charge is 0.126 e. The van der Waals surface area contributed by atoms with Gasteiger partial charge in [-0.05, 0) is 19.8 Å². The zero-order valence-electron chi connectivity index (χ0n) is 9.93. The molecule has 3 nitrogen and oxygen atoms in total. The van der Waals surface area contributed by atoms with Gasteiger partial charge in [0.1, 0.15) is 5.82 Å². The molecule has 1 saturated carbocycles. The zero-order valence-corrected chi connectivity index (χ0v) is 10.7. The van der Waals surface area contributed by atoms with Crippen molar-refractivity contribution in [2.24, 2.45) is 5.73 Å². The molecule has 1 unspecified atom stereocenters. The molecule has 1 aromatic rings. The number of aromatic nitrogens is 2. The molecule has 2 rings (SSSR count). The third-order valence-corrected chi connectivity index (χ3v) is 4.73. The molecule has 1 aromatic heterocycles. The Morgan fingerprint density at radius 3 is 3.00 bits per heavy atom. The Bertz CT molecular complexity index is 318. The molecule has 0 amide bonds. The van der Waals surface area contributed by atoms with Crippen molar-refractivity contribution in [1.82, 2.24) is 9.55 Å². The molecule has 90 valence electrons. The Morgan fingerprint density at radius 1 is 1.56 bits per heavy atom. The van der Waals surface area contributed by atoms with Crippen LogP contribution in [0.2, 0.25) is 0 Å². The van der Waals surface area contributed by atoms with Crippen LogP contribution in [-0.2, 0) is 6.54 Å². The van der Waals surface area contributed by atoms with Crippen molar-refractivity contribution >= 4 is 11.8 Å². The van der Waals surface area contributed by atoms with Gasteiger partial charge in [-0.15, -0.1) is 0 Å². The van der Waals surface area contributed by atoms with Crippen LogP contribution < -0.4 is 5.73 Å². The maximum atomic E-state index is 6.19. The van der Waals surface area contributed by atoms with Crippen LogP contribution in [-0.4, -0.2) is 20.6 Å². The fourth-order valence-corrected chi connectivity index (χ4v) is 3.58. The minimum Gasteiger partial charge on any atom is -0.334 e. The highest BCUT2D eigenvalue weighted by molar-refractivity contribution is 7.99. The van der Waals surface area contributed by atoms with E-state index in [-0.39, 0.29) is 6.04 Å². The second-order valence-electron chi connectivity index (χ2n) is 4.42. The van der Waals surface area contributed by atoms with Crippen LogP contribution in [0.4, 0.5) is 0 Å². The van der Waals surface area contributed by atoms with E-state index in [0.717, 1.165) is 23.4 Å². The monoisotopic (exact) mass is 239 g/mol. The average molecular weight is 239 g/mol. The van der Waals surface area contributed by atoms with Gasteiger partial charge in [0.25, 0.3) is 0 Å². The predicted octanol–water partition coefficient (Wildman–Crippen LogP) is 2.58. The largest absolute Gasteiger partial charge is 0.334 e. The predicted molar refractivity (Wildman–Crippen MR) is 69.5 cm³/mol. The van der Waals surface area contributed by atoms with Crippen LogP contribution in [0, 0.1) is 0 Å². The molecule has 0 bridgehead atoms. The van der Waals surface area contributed by atoms with Crippen molar-refractivity contribution in [1.29, 1.82) is 0 Å². The maximum Gasteiger partial charge on any atom is 0.126 e. The summed E-state index contributed by atoms with van der Waals surface area (Å²) in [5.41, 5.74) is 6.19. The summed E-state index contributed by atoms with van der Waals surface area (Å²) in [6.07, 6.45) is 9.40. The molecule has 16 heavy (non-hydrogen) atoms. The van der Waals surface area contributed by atoms with E-state index in [0.29, 0.717) is 0 Å². The second kappa shape index (κ2) is 5.73. The minimum absolute atomic E-state index is 0.0838. The number of hydrogen-bond acceptors (Lipinski definition) is 3. The number of nitrogens with two attached hydrogens (primary N) is 1. The third-order valence-electron chi connectivity index (χ3n) is 3.23. The van der Waals surface area contributed by atoms with Gasteiger partial charge >= 0.3 is 0 Å². The van der Waals surface area contributed by atoms with E-state index < -0.39 is 0 Å². The van der Waals surface area contributed by atoms with Crippen LogP contribution in [0.3, 0.4) is 0 Å². The molecule has 0 spiro atoms. The molecule has 0 aliphatic heterocycles. The fraction of sp³-hybridized carbons (Fsp3) is 0.750. The summed E-state index contributed by atoms with van der Waals surface area (Å²) in [6, 6.07) is 0.0838. The summed E-state index contributed by atoms with van der Waals surface area (Å²) in [4.78, 5) is 4.36. The van der Waals surface area contributed by atoms with Crippen molar-refractivity contribution in [3.05, 3.63) is 18.2 Å². The molecule has 2 N–H and O–H groups in total. The van der Waals surface area contributed by atoms with Crippen LogP contribution in [0.25, 0.3) is 0 Å². The van der Waals surface area contributed by atoms with Gasteiger partial charge in [-0.25, -0.2) is 4.98 Å². The highest BCUT2D eigenvalue weighted by Gasteiger charge is 2.18. The third kappa shape index (κ3) is 2.80. The highest BCUT2D eigenvalue weighted by atomic mass is 32.2. The normalized spacial score (nSPS) is 19.1. The van der Waals surface area contributed by atoms with Crippen LogP contribution in [0.1, 0.15) is 44.5 Å². The van der Waals surface area contributed by atoms with E-state index in [1.807, 2.05) is 24.2 Å². The molecule has 0 saturated heterocycles. The van der Waals surface area contributed by atoms with Crippen molar-refractivity contribution in [3.8, 4) is 0 Å². The first-order valence-electron chi connectivity index (χ1n) is 6.19. The van der Waals surface area contributed by atoms with E-state index in [4.69, 9.17) is 5.73 Å². The molecule has 4 heteroatoms. The SMILES string of the molecule is CCn1ccnc1C(N)CSC1CCCC1. The Morgan fingerprint density at radius 2 is 2.31 bits per heavy atom. The van der Waals surface area contributed by atoms with E-state index in [1.165, 1.54) is 25.7 Å². The summed E-state index contributed by atoms with van der Waals surface area (Å²) in [5, 5.41) is 0.844. The van der Waals surface area contributed by atoms with Crippen LogP contribution >= 0.6 is 11.8 Å². The molecule has 0 aromatic carbocycles. The summed E-state index contributed by atoms with van der Waals surface area (Å²) in [7, 11) is 0. The number of rotatable bonds is 5. The summed E-state index contributed by atoms with van der Waals surface area (Å²) >= 11 is 2.03. The van der Waals surface area contributed by atoms with Crippen LogP contribution in [0.5, 0.6) is 0 Å². The first-order valence-corrected chi connectivity index (χ1v) is 7.24. The Labute approximate surface area is 102 Å². The molecule has 0 radical (unpaired) electrons. The van der Waals surface area contributed by atoms with Gasteiger partial charge in [0.05, 0.1) is 6.04 Å². The quantitative estimate of drug-likeness (QED) is 0.859. The van der Waals surface area contributed by atoms with E-state index in [9.17, 15) is 0 Å². The number of nitrogens with zero attached hydrogens (tertiary/aromatic N) is 2. The fourth-order valence-electron chi connectivity index (χ4n) is 2.29. The lowest BCUT2D eigenvalue weighted by atomic mass is 10.3. The molecule has 1 aliphatic rings. The van der Waals surface area contributed by atoms with Gasteiger partial charge in [-0.2, -0.15) is 11.8 Å². The Kier molecular flexibility index (Phi) is 4.29. The standard InChI is InChI=1S/C12H21N3S/c1-2-15-8-7-14-12(15)11(13)9-16-10-5-3-4-6-10/h7-8,10-11H,2-6,9,13H2,1H3. The van der Waals surface area contributed by atoms with E-state index in [1.54, 1.807) is 0 Å². The van der Waals surface area contributed by atoms with Crippen molar-refractivity contribution in [3.63, 3.8) is 0 Å².